The van der Waals surface area contributed by atoms with Crippen molar-refractivity contribution in [1.82, 2.24) is 15.5 Å². The van der Waals surface area contributed by atoms with Crippen LogP contribution in [0.4, 0.5) is 0 Å². The number of nitrogens with zero attached hydrogens (tertiary/aromatic N) is 2. The maximum atomic E-state index is 4.33. The molecular formula is C16H21N3S. The van der Waals surface area contributed by atoms with Crippen LogP contribution in [0.15, 0.2) is 24.3 Å². The van der Waals surface area contributed by atoms with E-state index in [1.807, 2.05) is 0 Å². The molecule has 0 amide bonds. The van der Waals surface area contributed by atoms with Crippen molar-refractivity contribution in [1.29, 1.82) is 0 Å². The highest BCUT2D eigenvalue weighted by Gasteiger charge is 2.19. The average Bonchev–Trinajstić information content (AvgIpc) is 3.17. The zero-order valence-corrected chi connectivity index (χ0v) is 12.7. The van der Waals surface area contributed by atoms with E-state index in [0.717, 1.165) is 36.9 Å². The molecule has 2 aromatic rings. The van der Waals surface area contributed by atoms with Crippen LogP contribution in [-0.4, -0.2) is 22.8 Å². The van der Waals surface area contributed by atoms with Gasteiger partial charge in [-0.3, -0.25) is 0 Å². The van der Waals surface area contributed by atoms with Crippen molar-refractivity contribution in [2.24, 2.45) is 0 Å². The molecule has 0 atom stereocenters. The highest BCUT2D eigenvalue weighted by atomic mass is 32.1. The van der Waals surface area contributed by atoms with Crippen LogP contribution in [-0.2, 0) is 12.8 Å². The van der Waals surface area contributed by atoms with E-state index < -0.39 is 0 Å². The smallest absolute Gasteiger partial charge is 0.121 e. The molecule has 0 radical (unpaired) electrons. The quantitative estimate of drug-likeness (QED) is 0.795. The van der Waals surface area contributed by atoms with Gasteiger partial charge in [-0.15, -0.1) is 21.5 Å². The molecule has 3 nitrogen and oxygen atoms in total. The highest BCUT2D eigenvalue weighted by molar-refractivity contribution is 7.11. The summed E-state index contributed by atoms with van der Waals surface area (Å²) in [7, 11) is 0. The summed E-state index contributed by atoms with van der Waals surface area (Å²) in [5, 5.41) is 14.5. The summed E-state index contributed by atoms with van der Waals surface area (Å²) >= 11 is 1.76. The van der Waals surface area contributed by atoms with Gasteiger partial charge < -0.3 is 5.32 Å². The first-order valence-corrected chi connectivity index (χ1v) is 8.22. The van der Waals surface area contributed by atoms with Gasteiger partial charge in [0.15, 0.2) is 0 Å². The fourth-order valence-electron chi connectivity index (χ4n) is 2.27. The Balaban J connectivity index is 1.49. The minimum Gasteiger partial charge on any atom is -0.314 e. The molecule has 1 aliphatic rings. The third-order valence-corrected chi connectivity index (χ3v) is 4.67. The van der Waals surface area contributed by atoms with Crippen LogP contribution >= 0.6 is 11.3 Å². The van der Waals surface area contributed by atoms with E-state index in [-0.39, 0.29) is 0 Å². The molecule has 1 aromatic heterocycles. The van der Waals surface area contributed by atoms with Crippen molar-refractivity contribution in [2.45, 2.75) is 45.1 Å². The topological polar surface area (TPSA) is 37.8 Å². The predicted molar refractivity (Wildman–Crippen MR) is 83.2 cm³/mol. The van der Waals surface area contributed by atoms with Crippen molar-refractivity contribution in [3.05, 3.63) is 45.4 Å². The Morgan fingerprint density at radius 2 is 2.00 bits per heavy atom. The molecule has 4 heteroatoms. The van der Waals surface area contributed by atoms with Gasteiger partial charge in [-0.1, -0.05) is 24.3 Å². The van der Waals surface area contributed by atoms with Crippen LogP contribution in [0.1, 0.15) is 40.4 Å². The van der Waals surface area contributed by atoms with E-state index in [9.17, 15) is 0 Å². The fraction of sp³-hybridized carbons (Fsp3) is 0.500. The average molecular weight is 287 g/mol. The number of nitrogens with one attached hydrogen (secondary N) is 1. The highest BCUT2D eigenvalue weighted by Crippen LogP contribution is 2.19. The Morgan fingerprint density at radius 1 is 1.20 bits per heavy atom. The largest absolute Gasteiger partial charge is 0.314 e. The van der Waals surface area contributed by atoms with Crippen molar-refractivity contribution in [2.75, 3.05) is 6.54 Å². The van der Waals surface area contributed by atoms with Crippen LogP contribution < -0.4 is 5.32 Å². The zero-order chi connectivity index (χ0) is 13.8. The molecule has 1 aliphatic carbocycles. The first-order valence-electron chi connectivity index (χ1n) is 7.40. The lowest BCUT2D eigenvalue weighted by atomic mass is 10.1. The Morgan fingerprint density at radius 3 is 2.80 bits per heavy atom. The lowest BCUT2D eigenvalue weighted by molar-refractivity contribution is 0.643. The van der Waals surface area contributed by atoms with Crippen LogP contribution in [0.25, 0.3) is 0 Å². The van der Waals surface area contributed by atoms with Crippen LogP contribution in [0.2, 0.25) is 0 Å². The summed E-state index contributed by atoms with van der Waals surface area (Å²) in [6.07, 6.45) is 5.84. The van der Waals surface area contributed by atoms with Gasteiger partial charge in [-0.25, -0.2) is 0 Å². The molecule has 0 spiro atoms. The number of aromatic nitrogens is 2. The summed E-state index contributed by atoms with van der Waals surface area (Å²) in [6.45, 7) is 3.26. The van der Waals surface area contributed by atoms with Crippen molar-refractivity contribution in [3.8, 4) is 0 Å². The van der Waals surface area contributed by atoms with Crippen molar-refractivity contribution < 1.29 is 0 Å². The third-order valence-electron chi connectivity index (χ3n) is 3.69. The molecule has 1 fully saturated rings. The van der Waals surface area contributed by atoms with E-state index in [2.05, 4.69) is 46.7 Å². The number of hydrogen-bond acceptors (Lipinski definition) is 4. The molecule has 0 saturated heterocycles. The van der Waals surface area contributed by atoms with Crippen LogP contribution in [0, 0.1) is 6.92 Å². The van der Waals surface area contributed by atoms with E-state index >= 15 is 0 Å². The predicted octanol–water partition coefficient (Wildman–Crippen LogP) is 3.12. The molecule has 0 bridgehead atoms. The minimum absolute atomic E-state index is 0.807. The molecule has 1 N–H and O–H groups in total. The van der Waals surface area contributed by atoms with Gasteiger partial charge in [0, 0.05) is 18.9 Å². The molecule has 1 heterocycles. The first kappa shape index (κ1) is 13.7. The van der Waals surface area contributed by atoms with Gasteiger partial charge in [0.05, 0.1) is 0 Å². The molecule has 20 heavy (non-hydrogen) atoms. The Hall–Kier alpha value is -1.26. The molecule has 1 saturated carbocycles. The van der Waals surface area contributed by atoms with Crippen molar-refractivity contribution in [3.63, 3.8) is 0 Å². The van der Waals surface area contributed by atoms with Crippen molar-refractivity contribution >= 4 is 11.3 Å². The first-order chi connectivity index (χ1) is 9.81. The second kappa shape index (κ2) is 6.46. The Bertz CT molecular complexity index is 560. The van der Waals surface area contributed by atoms with E-state index in [0.29, 0.717) is 0 Å². The van der Waals surface area contributed by atoms with E-state index in [1.54, 1.807) is 11.3 Å². The van der Waals surface area contributed by atoms with Crippen LogP contribution in [0.5, 0.6) is 0 Å². The Kier molecular flexibility index (Phi) is 4.43. The number of rotatable bonds is 7. The normalized spacial score (nSPS) is 14.7. The lowest BCUT2D eigenvalue weighted by Crippen LogP contribution is -2.17. The van der Waals surface area contributed by atoms with E-state index in [1.165, 1.54) is 29.0 Å². The minimum atomic E-state index is 0.807. The number of aryl methyl sites for hydroxylation is 2. The molecular weight excluding hydrogens is 266 g/mol. The molecule has 106 valence electrons. The summed E-state index contributed by atoms with van der Waals surface area (Å²) in [6, 6.07) is 9.31. The summed E-state index contributed by atoms with van der Waals surface area (Å²) in [5.74, 6) is 0. The van der Waals surface area contributed by atoms with Gasteiger partial charge in [-0.2, -0.15) is 0 Å². The number of hydrogen-bond donors (Lipinski definition) is 1. The van der Waals surface area contributed by atoms with Gasteiger partial charge >= 0.3 is 0 Å². The maximum Gasteiger partial charge on any atom is 0.121 e. The zero-order valence-electron chi connectivity index (χ0n) is 11.9. The SMILES string of the molecule is Cc1ccccc1Cc1nnc(CCCNC2CC2)s1. The summed E-state index contributed by atoms with van der Waals surface area (Å²) in [4.78, 5) is 0. The lowest BCUT2D eigenvalue weighted by Gasteiger charge is -2.01. The third kappa shape index (κ3) is 3.87. The summed E-state index contributed by atoms with van der Waals surface area (Å²) < 4.78 is 0. The standard InChI is InChI=1S/C16H21N3S/c1-12-5-2-3-6-13(12)11-16-19-18-15(20-16)7-4-10-17-14-8-9-14/h2-3,5-6,14,17H,4,7-11H2,1H3. The van der Waals surface area contributed by atoms with Gasteiger partial charge in [0.1, 0.15) is 10.0 Å². The molecule has 3 rings (SSSR count). The summed E-state index contributed by atoms with van der Waals surface area (Å²) in [5.41, 5.74) is 2.68. The monoisotopic (exact) mass is 287 g/mol. The van der Waals surface area contributed by atoms with Gasteiger partial charge in [-0.05, 0) is 43.9 Å². The molecule has 0 aliphatic heterocycles. The van der Waals surface area contributed by atoms with Gasteiger partial charge in [0.2, 0.25) is 0 Å². The number of benzene rings is 1. The van der Waals surface area contributed by atoms with E-state index in [4.69, 9.17) is 0 Å². The molecule has 0 unspecified atom stereocenters. The van der Waals surface area contributed by atoms with Gasteiger partial charge in [0.25, 0.3) is 0 Å². The second-order valence-corrected chi connectivity index (χ2v) is 6.67. The second-order valence-electron chi connectivity index (χ2n) is 5.52. The fourth-order valence-corrected chi connectivity index (χ4v) is 3.17. The van der Waals surface area contributed by atoms with Crippen LogP contribution in [0.3, 0.4) is 0 Å². The molecule has 1 aromatic carbocycles. The Labute approximate surface area is 124 Å². The maximum absolute atomic E-state index is 4.33.